The lowest BCUT2D eigenvalue weighted by atomic mass is 10.2. The summed E-state index contributed by atoms with van der Waals surface area (Å²) in [5, 5.41) is 1.01. The molecular weight excluding hydrogens is 336 g/mol. The van der Waals surface area contributed by atoms with Gasteiger partial charge < -0.3 is 9.15 Å². The van der Waals surface area contributed by atoms with Crippen molar-refractivity contribution in [2.45, 2.75) is 0 Å². The van der Waals surface area contributed by atoms with Crippen molar-refractivity contribution in [3.63, 3.8) is 0 Å². The van der Waals surface area contributed by atoms with E-state index in [0.29, 0.717) is 12.4 Å². The molecule has 1 heterocycles. The fourth-order valence-corrected chi connectivity index (χ4v) is 2.16. The van der Waals surface area contributed by atoms with Gasteiger partial charge in [0.15, 0.2) is 5.76 Å². The fourth-order valence-electron chi connectivity index (χ4n) is 1.31. The second kappa shape index (κ2) is 5.05. The molecule has 0 radical (unpaired) electrons. The maximum Gasteiger partial charge on any atom is 0.192 e. The number of furan rings is 1. The Morgan fingerprint density at radius 1 is 1.38 bits per heavy atom. The van der Waals surface area contributed by atoms with Gasteiger partial charge in [-0.3, -0.25) is 0 Å². The molecule has 0 saturated heterocycles. The molecule has 2 aromatic rings. The zero-order valence-corrected chi connectivity index (χ0v) is 11.7. The number of fused-ring (bicyclic) bond motifs is 1. The molecule has 1 aromatic carbocycles. The summed E-state index contributed by atoms with van der Waals surface area (Å²) in [7, 11) is 1.61. The highest BCUT2D eigenvalue weighted by Gasteiger charge is 2.09. The van der Waals surface area contributed by atoms with Crippen LogP contribution in [0.1, 0.15) is 5.76 Å². The Balaban J connectivity index is 2.49. The Labute approximate surface area is 110 Å². The van der Waals surface area contributed by atoms with E-state index in [1.54, 1.807) is 7.11 Å². The van der Waals surface area contributed by atoms with Crippen LogP contribution in [-0.4, -0.2) is 13.7 Å². The first-order valence-electron chi connectivity index (χ1n) is 4.57. The maximum absolute atomic E-state index is 5.60. The summed E-state index contributed by atoms with van der Waals surface area (Å²) in [6, 6.07) is 5.83. The number of hydrogen-bond acceptors (Lipinski definition) is 2. The van der Waals surface area contributed by atoms with Crippen LogP contribution in [-0.2, 0) is 4.74 Å². The van der Waals surface area contributed by atoms with Crippen molar-refractivity contribution in [2.75, 3.05) is 13.7 Å². The highest BCUT2D eigenvalue weighted by atomic mass is 79.9. The van der Waals surface area contributed by atoms with Crippen molar-refractivity contribution in [2.24, 2.45) is 0 Å². The van der Waals surface area contributed by atoms with Crippen LogP contribution < -0.4 is 0 Å². The molecule has 2 rings (SSSR count). The molecule has 0 atom stereocenters. The molecule has 2 nitrogen and oxygen atoms in total. The average Bonchev–Trinajstić information content (AvgIpc) is 2.57. The van der Waals surface area contributed by atoms with Crippen LogP contribution in [0, 0.1) is 11.8 Å². The Hall–Kier alpha value is -0.760. The van der Waals surface area contributed by atoms with Crippen LogP contribution in [0.2, 0.25) is 0 Å². The van der Waals surface area contributed by atoms with Crippen molar-refractivity contribution in [1.82, 2.24) is 0 Å². The number of benzene rings is 1. The second-order valence-electron chi connectivity index (χ2n) is 3.12. The molecule has 82 valence electrons. The quantitative estimate of drug-likeness (QED) is 0.731. The van der Waals surface area contributed by atoms with Gasteiger partial charge in [-0.15, -0.1) is 0 Å². The summed E-state index contributed by atoms with van der Waals surface area (Å²) in [4.78, 5) is 0. The molecule has 0 aliphatic heterocycles. The molecule has 1 aromatic heterocycles. The van der Waals surface area contributed by atoms with Crippen molar-refractivity contribution >= 4 is 42.8 Å². The molecular formula is C12H8Br2O2. The van der Waals surface area contributed by atoms with Crippen molar-refractivity contribution in [3.05, 3.63) is 32.9 Å². The molecule has 0 saturated carbocycles. The summed E-state index contributed by atoms with van der Waals surface area (Å²) in [5.41, 5.74) is 0.816. The van der Waals surface area contributed by atoms with Crippen molar-refractivity contribution in [3.8, 4) is 11.8 Å². The lowest BCUT2D eigenvalue weighted by Crippen LogP contribution is -1.81. The van der Waals surface area contributed by atoms with Gasteiger partial charge in [-0.1, -0.05) is 21.9 Å². The molecule has 0 N–H and O–H groups in total. The SMILES string of the molecule is COCC#Cc1oc2ccc(Br)cc2c1Br. The second-order valence-corrected chi connectivity index (χ2v) is 4.83. The van der Waals surface area contributed by atoms with Crippen molar-refractivity contribution in [1.29, 1.82) is 0 Å². The maximum atomic E-state index is 5.60. The third-order valence-corrected chi connectivity index (χ3v) is 3.29. The molecule has 0 unspecified atom stereocenters. The van der Waals surface area contributed by atoms with Gasteiger partial charge >= 0.3 is 0 Å². The molecule has 0 aliphatic rings. The lowest BCUT2D eigenvalue weighted by molar-refractivity contribution is 0.239. The fraction of sp³-hybridized carbons (Fsp3) is 0.167. The number of hydrogen-bond donors (Lipinski definition) is 0. The molecule has 0 fully saturated rings. The van der Waals surface area contributed by atoms with Gasteiger partial charge in [0.1, 0.15) is 12.2 Å². The first kappa shape index (κ1) is 11.7. The normalized spacial score (nSPS) is 10.2. The van der Waals surface area contributed by atoms with Gasteiger partial charge in [0.05, 0.1) is 4.47 Å². The standard InChI is InChI=1S/C12H8Br2O2/c1-15-6-2-3-11-12(14)9-7-8(13)4-5-10(9)16-11/h4-5,7H,6H2,1H3. The highest BCUT2D eigenvalue weighted by Crippen LogP contribution is 2.32. The Kier molecular flexibility index (Phi) is 3.70. The van der Waals surface area contributed by atoms with E-state index in [1.165, 1.54) is 0 Å². The molecule has 0 amide bonds. The molecule has 0 bridgehead atoms. The Bertz CT molecular complexity index is 576. The minimum absolute atomic E-state index is 0.396. The summed E-state index contributed by atoms with van der Waals surface area (Å²) in [5.74, 6) is 6.41. The van der Waals surface area contributed by atoms with Crippen LogP contribution in [0.15, 0.2) is 31.6 Å². The summed E-state index contributed by atoms with van der Waals surface area (Å²) in [6.45, 7) is 0.396. The van der Waals surface area contributed by atoms with E-state index in [9.17, 15) is 0 Å². The molecule has 0 aliphatic carbocycles. The van der Waals surface area contributed by atoms with E-state index in [4.69, 9.17) is 9.15 Å². The van der Waals surface area contributed by atoms with Crippen LogP contribution >= 0.6 is 31.9 Å². The largest absolute Gasteiger partial charge is 0.446 e. The van der Waals surface area contributed by atoms with E-state index in [0.717, 1.165) is 19.9 Å². The highest BCUT2D eigenvalue weighted by molar-refractivity contribution is 9.11. The van der Waals surface area contributed by atoms with Gasteiger partial charge in [0, 0.05) is 17.0 Å². The van der Waals surface area contributed by atoms with Crippen LogP contribution in [0.25, 0.3) is 11.0 Å². The average molecular weight is 344 g/mol. The molecule has 16 heavy (non-hydrogen) atoms. The summed E-state index contributed by atoms with van der Waals surface area (Å²) < 4.78 is 12.4. The van der Waals surface area contributed by atoms with Gasteiger partial charge in [0.2, 0.25) is 0 Å². The summed E-state index contributed by atoms with van der Waals surface area (Å²) >= 11 is 6.90. The predicted octanol–water partition coefficient (Wildman–Crippen LogP) is 3.96. The number of ether oxygens (including phenoxy) is 1. The van der Waals surface area contributed by atoms with E-state index in [1.807, 2.05) is 18.2 Å². The first-order chi connectivity index (χ1) is 7.72. The lowest BCUT2D eigenvalue weighted by Gasteiger charge is -1.89. The van der Waals surface area contributed by atoms with E-state index in [2.05, 4.69) is 43.7 Å². The van der Waals surface area contributed by atoms with Crippen LogP contribution in [0.3, 0.4) is 0 Å². The minimum Gasteiger partial charge on any atom is -0.446 e. The van der Waals surface area contributed by atoms with Crippen molar-refractivity contribution < 1.29 is 9.15 Å². The monoisotopic (exact) mass is 342 g/mol. The third kappa shape index (κ3) is 2.32. The Morgan fingerprint density at radius 3 is 2.94 bits per heavy atom. The predicted molar refractivity (Wildman–Crippen MR) is 70.4 cm³/mol. The van der Waals surface area contributed by atoms with E-state index < -0.39 is 0 Å². The van der Waals surface area contributed by atoms with Crippen LogP contribution in [0.5, 0.6) is 0 Å². The van der Waals surface area contributed by atoms with Gasteiger partial charge in [-0.05, 0) is 40.0 Å². The number of halogens is 2. The number of methoxy groups -OCH3 is 1. The number of rotatable bonds is 1. The van der Waals surface area contributed by atoms with E-state index in [-0.39, 0.29) is 0 Å². The third-order valence-electron chi connectivity index (χ3n) is 2.01. The molecule has 4 heteroatoms. The smallest absolute Gasteiger partial charge is 0.192 e. The summed E-state index contributed by atoms with van der Waals surface area (Å²) in [6.07, 6.45) is 0. The Morgan fingerprint density at radius 2 is 2.19 bits per heavy atom. The van der Waals surface area contributed by atoms with Gasteiger partial charge in [-0.2, -0.15) is 0 Å². The molecule has 0 spiro atoms. The topological polar surface area (TPSA) is 22.4 Å². The van der Waals surface area contributed by atoms with Gasteiger partial charge in [-0.25, -0.2) is 0 Å². The van der Waals surface area contributed by atoms with Crippen LogP contribution in [0.4, 0.5) is 0 Å². The zero-order chi connectivity index (χ0) is 11.5. The first-order valence-corrected chi connectivity index (χ1v) is 6.16. The minimum atomic E-state index is 0.396. The zero-order valence-electron chi connectivity index (χ0n) is 8.51. The van der Waals surface area contributed by atoms with Gasteiger partial charge in [0.25, 0.3) is 0 Å². The van der Waals surface area contributed by atoms with E-state index >= 15 is 0 Å².